The molecule has 2 atom stereocenters. The van der Waals surface area contributed by atoms with Crippen molar-refractivity contribution >= 4 is 16.0 Å². The maximum absolute atomic E-state index is 12.3. The lowest BCUT2D eigenvalue weighted by Gasteiger charge is -2.38. The summed E-state index contributed by atoms with van der Waals surface area (Å²) in [5.41, 5.74) is 0. The number of carboxylic acids is 1. The normalized spacial score (nSPS) is 24.4. The van der Waals surface area contributed by atoms with Crippen LogP contribution in [0.1, 0.15) is 45.4 Å². The first-order valence-corrected chi connectivity index (χ1v) is 8.88. The molecule has 20 heavy (non-hydrogen) atoms. The quantitative estimate of drug-likeness (QED) is 0.551. The zero-order valence-corrected chi connectivity index (χ0v) is 12.9. The molecule has 1 aliphatic heterocycles. The van der Waals surface area contributed by atoms with Crippen LogP contribution in [0.15, 0.2) is 12.7 Å². The molecular weight excluding hydrogens is 278 g/mol. The fourth-order valence-corrected chi connectivity index (χ4v) is 4.41. The van der Waals surface area contributed by atoms with Crippen molar-refractivity contribution in [3.8, 4) is 0 Å². The molecule has 0 bridgehead atoms. The van der Waals surface area contributed by atoms with E-state index in [-0.39, 0.29) is 5.75 Å². The molecule has 0 aliphatic carbocycles. The van der Waals surface area contributed by atoms with Crippen molar-refractivity contribution in [3.63, 3.8) is 0 Å². The lowest BCUT2D eigenvalue weighted by molar-refractivity contribution is -0.145. The lowest BCUT2D eigenvalue weighted by Crippen LogP contribution is -2.51. The van der Waals surface area contributed by atoms with Crippen LogP contribution in [0.5, 0.6) is 0 Å². The zero-order chi connectivity index (χ0) is 15.2. The van der Waals surface area contributed by atoms with Gasteiger partial charge in [0.15, 0.2) is 0 Å². The fraction of sp³-hybridized carbons (Fsp3) is 0.786. The van der Waals surface area contributed by atoms with Gasteiger partial charge in [0.05, 0.1) is 11.7 Å². The van der Waals surface area contributed by atoms with Gasteiger partial charge in [0.1, 0.15) is 0 Å². The summed E-state index contributed by atoms with van der Waals surface area (Å²) in [5.74, 6) is -1.59. The van der Waals surface area contributed by atoms with Crippen molar-refractivity contribution in [1.82, 2.24) is 4.31 Å². The SMILES string of the molecule is C=CCS(=O)(=O)N1CCCC(C(=O)O)C1CCCCC. The Hall–Kier alpha value is -0.880. The maximum Gasteiger partial charge on any atom is 0.308 e. The van der Waals surface area contributed by atoms with E-state index < -0.39 is 28.0 Å². The number of rotatable bonds is 8. The van der Waals surface area contributed by atoms with E-state index in [2.05, 4.69) is 13.5 Å². The van der Waals surface area contributed by atoms with Gasteiger partial charge >= 0.3 is 5.97 Å². The molecule has 0 saturated carbocycles. The summed E-state index contributed by atoms with van der Waals surface area (Å²) in [7, 11) is -3.43. The summed E-state index contributed by atoms with van der Waals surface area (Å²) in [6.45, 7) is 5.97. The van der Waals surface area contributed by atoms with Crippen LogP contribution < -0.4 is 0 Å². The van der Waals surface area contributed by atoms with E-state index in [1.165, 1.54) is 10.4 Å². The molecule has 0 aromatic rings. The molecule has 2 unspecified atom stereocenters. The average Bonchev–Trinajstić information content (AvgIpc) is 2.38. The highest BCUT2D eigenvalue weighted by Crippen LogP contribution is 2.30. The first kappa shape index (κ1) is 17.2. The van der Waals surface area contributed by atoms with Crippen LogP contribution in [-0.4, -0.2) is 42.1 Å². The molecule has 0 spiro atoms. The van der Waals surface area contributed by atoms with Crippen LogP contribution in [0, 0.1) is 5.92 Å². The zero-order valence-electron chi connectivity index (χ0n) is 12.1. The number of hydrogen-bond acceptors (Lipinski definition) is 3. The molecule has 0 aromatic carbocycles. The Kier molecular flexibility index (Phi) is 6.68. The Morgan fingerprint density at radius 2 is 2.15 bits per heavy atom. The minimum atomic E-state index is -3.43. The van der Waals surface area contributed by atoms with Crippen LogP contribution in [0.4, 0.5) is 0 Å². The van der Waals surface area contributed by atoms with E-state index in [1.54, 1.807) is 0 Å². The largest absolute Gasteiger partial charge is 0.481 e. The van der Waals surface area contributed by atoms with E-state index in [1.807, 2.05) is 0 Å². The van der Waals surface area contributed by atoms with Crippen LogP contribution in [-0.2, 0) is 14.8 Å². The van der Waals surface area contributed by atoms with Crippen LogP contribution >= 0.6 is 0 Å². The molecule has 1 saturated heterocycles. The first-order valence-electron chi connectivity index (χ1n) is 7.27. The van der Waals surface area contributed by atoms with Gasteiger partial charge in [-0.2, -0.15) is 4.31 Å². The van der Waals surface area contributed by atoms with Crippen molar-refractivity contribution in [3.05, 3.63) is 12.7 Å². The van der Waals surface area contributed by atoms with Gasteiger partial charge in [-0.05, 0) is 19.3 Å². The number of carbonyl (C=O) groups is 1. The van der Waals surface area contributed by atoms with Crippen molar-refractivity contribution in [2.75, 3.05) is 12.3 Å². The third-order valence-electron chi connectivity index (χ3n) is 3.83. The predicted molar refractivity (Wildman–Crippen MR) is 79.0 cm³/mol. The van der Waals surface area contributed by atoms with Crippen LogP contribution in [0.2, 0.25) is 0 Å². The molecule has 1 heterocycles. The minimum absolute atomic E-state index is 0.121. The first-order chi connectivity index (χ1) is 9.44. The third-order valence-corrected chi connectivity index (χ3v) is 5.66. The van der Waals surface area contributed by atoms with Crippen LogP contribution in [0.25, 0.3) is 0 Å². The second kappa shape index (κ2) is 7.78. The molecular formula is C14H25NO4S. The van der Waals surface area contributed by atoms with Gasteiger partial charge < -0.3 is 5.11 Å². The van der Waals surface area contributed by atoms with E-state index in [9.17, 15) is 18.3 Å². The van der Waals surface area contributed by atoms with E-state index in [0.717, 1.165) is 19.3 Å². The molecule has 1 N–H and O–H groups in total. The molecule has 6 heteroatoms. The van der Waals surface area contributed by atoms with Crippen molar-refractivity contribution in [2.45, 2.75) is 51.5 Å². The summed E-state index contributed by atoms with van der Waals surface area (Å²) in [5, 5.41) is 9.34. The standard InChI is InChI=1S/C14H25NO4S/c1-3-5-6-9-13-12(14(16)17)8-7-10-15(13)20(18,19)11-4-2/h4,12-13H,2-3,5-11H2,1H3,(H,16,17). The minimum Gasteiger partial charge on any atom is -0.481 e. The number of hydrogen-bond donors (Lipinski definition) is 1. The van der Waals surface area contributed by atoms with Crippen molar-refractivity contribution in [2.24, 2.45) is 5.92 Å². The molecule has 0 radical (unpaired) electrons. The molecule has 1 aliphatic rings. The maximum atomic E-state index is 12.3. The second-order valence-electron chi connectivity index (χ2n) is 5.33. The summed E-state index contributed by atoms with van der Waals surface area (Å²) < 4.78 is 25.9. The fourth-order valence-electron chi connectivity index (χ4n) is 2.85. The van der Waals surface area contributed by atoms with E-state index in [0.29, 0.717) is 25.8 Å². The number of aliphatic carboxylic acids is 1. The molecule has 1 rings (SSSR count). The van der Waals surface area contributed by atoms with Gasteiger partial charge in [0.25, 0.3) is 0 Å². The van der Waals surface area contributed by atoms with Crippen molar-refractivity contribution < 1.29 is 18.3 Å². The van der Waals surface area contributed by atoms with Crippen molar-refractivity contribution in [1.29, 1.82) is 0 Å². The van der Waals surface area contributed by atoms with Crippen LogP contribution in [0.3, 0.4) is 0 Å². The number of carboxylic acid groups (broad SMARTS) is 1. The Labute approximate surface area is 121 Å². The molecule has 116 valence electrons. The van der Waals surface area contributed by atoms with E-state index in [4.69, 9.17) is 0 Å². The molecule has 5 nitrogen and oxygen atoms in total. The Morgan fingerprint density at radius 1 is 1.45 bits per heavy atom. The van der Waals surface area contributed by atoms with Gasteiger partial charge in [0, 0.05) is 12.6 Å². The number of unbranched alkanes of at least 4 members (excludes halogenated alkanes) is 2. The van der Waals surface area contributed by atoms with E-state index >= 15 is 0 Å². The molecule has 0 amide bonds. The third kappa shape index (κ3) is 4.31. The van der Waals surface area contributed by atoms with Gasteiger partial charge in [-0.15, -0.1) is 6.58 Å². The summed E-state index contributed by atoms with van der Waals surface area (Å²) in [6.07, 6.45) is 6.06. The van der Waals surface area contributed by atoms with Gasteiger partial charge in [0.2, 0.25) is 10.0 Å². The highest BCUT2D eigenvalue weighted by molar-refractivity contribution is 7.89. The Balaban J connectivity index is 2.92. The number of sulfonamides is 1. The lowest BCUT2D eigenvalue weighted by atomic mass is 9.87. The Bertz CT molecular complexity index is 432. The second-order valence-corrected chi connectivity index (χ2v) is 7.29. The highest BCUT2D eigenvalue weighted by atomic mass is 32.2. The monoisotopic (exact) mass is 303 g/mol. The topological polar surface area (TPSA) is 74.7 Å². The molecule has 0 aromatic heterocycles. The predicted octanol–water partition coefficient (Wildman–Crippen LogP) is 2.25. The molecule has 1 fully saturated rings. The number of nitrogens with zero attached hydrogens (tertiary/aromatic N) is 1. The number of piperidine rings is 1. The smallest absolute Gasteiger partial charge is 0.308 e. The Morgan fingerprint density at radius 3 is 2.70 bits per heavy atom. The van der Waals surface area contributed by atoms with Gasteiger partial charge in [-0.3, -0.25) is 4.79 Å². The van der Waals surface area contributed by atoms with Gasteiger partial charge in [-0.25, -0.2) is 8.42 Å². The average molecular weight is 303 g/mol. The highest BCUT2D eigenvalue weighted by Gasteiger charge is 2.40. The summed E-state index contributed by atoms with van der Waals surface area (Å²) in [4.78, 5) is 11.4. The summed E-state index contributed by atoms with van der Waals surface area (Å²) >= 11 is 0. The summed E-state index contributed by atoms with van der Waals surface area (Å²) in [6, 6.07) is -0.405. The van der Waals surface area contributed by atoms with Gasteiger partial charge in [-0.1, -0.05) is 32.3 Å².